The van der Waals surface area contributed by atoms with Crippen LogP contribution in [0.5, 0.6) is 0 Å². The highest BCUT2D eigenvalue weighted by atomic mass is 15.0. The zero-order valence-corrected chi connectivity index (χ0v) is 19.8. The molecule has 37 heavy (non-hydrogen) atoms. The Labute approximate surface area is 214 Å². The van der Waals surface area contributed by atoms with Crippen LogP contribution in [0.3, 0.4) is 0 Å². The first-order chi connectivity index (χ1) is 18.2. The van der Waals surface area contributed by atoms with Gasteiger partial charge in [-0.1, -0.05) is 24.3 Å². The Morgan fingerprint density at radius 1 is 0.730 bits per heavy atom. The van der Waals surface area contributed by atoms with Gasteiger partial charge in [-0.25, -0.2) is 0 Å². The molecular weight excluding hydrogens is 454 g/mol. The molecule has 0 radical (unpaired) electrons. The molecule has 2 aromatic heterocycles. The van der Waals surface area contributed by atoms with Gasteiger partial charge in [0.1, 0.15) is 6.07 Å². The van der Waals surface area contributed by atoms with E-state index in [-0.39, 0.29) is 0 Å². The van der Waals surface area contributed by atoms with Crippen molar-refractivity contribution in [1.29, 1.82) is 15.8 Å². The van der Waals surface area contributed by atoms with E-state index in [0.717, 1.165) is 57.5 Å². The molecule has 0 atom stereocenters. The minimum atomic E-state index is 0.518. The van der Waals surface area contributed by atoms with E-state index < -0.39 is 0 Å². The van der Waals surface area contributed by atoms with Crippen LogP contribution >= 0.6 is 0 Å². The Balaban J connectivity index is 1.53. The van der Waals surface area contributed by atoms with Crippen molar-refractivity contribution in [3.8, 4) is 46.3 Å². The smallest absolute Gasteiger partial charge is 0.101 e. The zero-order chi connectivity index (χ0) is 25.4. The molecule has 0 aliphatic heterocycles. The number of aromatic nitrogens is 2. The molecule has 5 heteroatoms. The monoisotopic (exact) mass is 473 g/mol. The quantitative estimate of drug-likeness (QED) is 0.284. The van der Waals surface area contributed by atoms with Gasteiger partial charge in [-0.05, 0) is 90.2 Å². The highest BCUT2D eigenvalue weighted by molar-refractivity contribution is 5.92. The van der Waals surface area contributed by atoms with Gasteiger partial charge in [-0.15, -0.1) is 0 Å². The Bertz CT molecular complexity index is 1850. The molecule has 6 rings (SSSR count). The number of aryl methyl sites for hydroxylation is 1. The normalized spacial score (nSPS) is 11.9. The first kappa shape index (κ1) is 22.1. The number of nitriles is 3. The average molecular weight is 474 g/mol. The van der Waals surface area contributed by atoms with E-state index in [0.29, 0.717) is 16.7 Å². The van der Waals surface area contributed by atoms with E-state index in [9.17, 15) is 10.5 Å². The first-order valence-electron chi connectivity index (χ1n) is 11.9. The molecule has 2 heterocycles. The van der Waals surface area contributed by atoms with E-state index in [2.05, 4.69) is 52.0 Å². The van der Waals surface area contributed by atoms with Gasteiger partial charge >= 0.3 is 0 Å². The number of benzene rings is 3. The second kappa shape index (κ2) is 8.97. The fraction of sp³-hybridized carbons (Fsp3) is 0.0625. The van der Waals surface area contributed by atoms with Crippen LogP contribution in [0.25, 0.3) is 45.1 Å². The molecular formula is C32H19N5. The van der Waals surface area contributed by atoms with Crippen molar-refractivity contribution in [2.24, 2.45) is 0 Å². The summed E-state index contributed by atoms with van der Waals surface area (Å²) >= 11 is 0. The lowest BCUT2D eigenvalue weighted by molar-refractivity contribution is 0.967. The fourth-order valence-electron chi connectivity index (χ4n) is 5.04. The minimum Gasteiger partial charge on any atom is -0.310 e. The van der Waals surface area contributed by atoms with Crippen molar-refractivity contribution in [1.82, 2.24) is 9.55 Å². The third kappa shape index (κ3) is 3.84. The van der Waals surface area contributed by atoms with Gasteiger partial charge in [0.15, 0.2) is 0 Å². The summed E-state index contributed by atoms with van der Waals surface area (Å²) in [5, 5.41) is 29.5. The van der Waals surface area contributed by atoms with Crippen LogP contribution in [0.15, 0.2) is 85.1 Å². The van der Waals surface area contributed by atoms with Gasteiger partial charge in [0.25, 0.3) is 0 Å². The molecule has 0 amide bonds. The van der Waals surface area contributed by atoms with Crippen LogP contribution in [0.2, 0.25) is 0 Å². The number of pyridine rings is 1. The fourth-order valence-corrected chi connectivity index (χ4v) is 5.04. The third-order valence-electron chi connectivity index (χ3n) is 6.77. The van der Waals surface area contributed by atoms with Crippen LogP contribution < -0.4 is 0 Å². The number of fused-ring (bicyclic) bond motifs is 3. The Kier molecular flexibility index (Phi) is 5.35. The maximum atomic E-state index is 9.89. The van der Waals surface area contributed by atoms with Crippen molar-refractivity contribution in [3.05, 3.63) is 113 Å². The van der Waals surface area contributed by atoms with Crippen LogP contribution in [0.4, 0.5) is 0 Å². The number of allylic oxidation sites excluding steroid dienone is 1. The summed E-state index contributed by atoms with van der Waals surface area (Å²) < 4.78 is 2.19. The van der Waals surface area contributed by atoms with Crippen LogP contribution in [-0.4, -0.2) is 9.55 Å². The molecule has 5 aromatic rings. The van der Waals surface area contributed by atoms with E-state index in [1.807, 2.05) is 54.6 Å². The standard InChI is InChI=1S/C32H19N5/c33-17-21-9-11-32-29(14-21)28-6-1-2-7-31(28)37(32)27-13-23(19-35)12-26(16-27)24-4-3-5-25(15-24)30-10-8-22(18-34)20-36-30/h2-5,7-16,20H,1,6H2. The predicted molar refractivity (Wildman–Crippen MR) is 143 cm³/mol. The summed E-state index contributed by atoms with van der Waals surface area (Å²) in [6, 6.07) is 30.0. The summed E-state index contributed by atoms with van der Waals surface area (Å²) in [7, 11) is 0. The summed E-state index contributed by atoms with van der Waals surface area (Å²) in [4.78, 5) is 4.43. The maximum Gasteiger partial charge on any atom is 0.101 e. The summed E-state index contributed by atoms with van der Waals surface area (Å²) in [6.45, 7) is 0. The van der Waals surface area contributed by atoms with Gasteiger partial charge in [0, 0.05) is 28.5 Å². The third-order valence-corrected chi connectivity index (χ3v) is 6.77. The molecule has 1 aliphatic carbocycles. The van der Waals surface area contributed by atoms with Crippen molar-refractivity contribution >= 4 is 17.0 Å². The number of rotatable bonds is 3. The largest absolute Gasteiger partial charge is 0.310 e. The van der Waals surface area contributed by atoms with E-state index in [1.165, 1.54) is 5.56 Å². The Morgan fingerprint density at radius 2 is 1.54 bits per heavy atom. The molecule has 0 saturated carbocycles. The highest BCUT2D eigenvalue weighted by Gasteiger charge is 2.20. The number of nitrogens with zero attached hydrogens (tertiary/aromatic N) is 5. The van der Waals surface area contributed by atoms with Gasteiger partial charge in [-0.3, -0.25) is 4.98 Å². The van der Waals surface area contributed by atoms with Gasteiger partial charge in [0.2, 0.25) is 0 Å². The van der Waals surface area contributed by atoms with Gasteiger partial charge in [-0.2, -0.15) is 15.8 Å². The molecule has 1 aliphatic rings. The Morgan fingerprint density at radius 3 is 2.32 bits per heavy atom. The summed E-state index contributed by atoms with van der Waals surface area (Å²) in [6.07, 6.45) is 7.76. The van der Waals surface area contributed by atoms with Crippen molar-refractivity contribution in [3.63, 3.8) is 0 Å². The predicted octanol–water partition coefficient (Wildman–Crippen LogP) is 6.93. The van der Waals surface area contributed by atoms with Crippen molar-refractivity contribution in [2.45, 2.75) is 12.8 Å². The van der Waals surface area contributed by atoms with Gasteiger partial charge in [0.05, 0.1) is 40.0 Å². The molecule has 0 fully saturated rings. The van der Waals surface area contributed by atoms with Crippen LogP contribution in [0, 0.1) is 34.0 Å². The highest BCUT2D eigenvalue weighted by Crippen LogP contribution is 2.36. The van der Waals surface area contributed by atoms with Gasteiger partial charge < -0.3 is 4.57 Å². The van der Waals surface area contributed by atoms with E-state index in [1.54, 1.807) is 12.3 Å². The molecule has 0 N–H and O–H groups in total. The second-order valence-electron chi connectivity index (χ2n) is 8.99. The van der Waals surface area contributed by atoms with Crippen molar-refractivity contribution in [2.75, 3.05) is 0 Å². The molecule has 0 bridgehead atoms. The lowest BCUT2D eigenvalue weighted by Gasteiger charge is -2.14. The van der Waals surface area contributed by atoms with Crippen LogP contribution in [0.1, 0.15) is 34.4 Å². The molecule has 3 aromatic carbocycles. The van der Waals surface area contributed by atoms with E-state index in [4.69, 9.17) is 5.26 Å². The first-order valence-corrected chi connectivity index (χ1v) is 11.9. The molecule has 0 saturated heterocycles. The minimum absolute atomic E-state index is 0.518. The average Bonchev–Trinajstić information content (AvgIpc) is 3.30. The van der Waals surface area contributed by atoms with E-state index >= 15 is 0 Å². The van der Waals surface area contributed by atoms with Crippen molar-refractivity contribution < 1.29 is 0 Å². The topological polar surface area (TPSA) is 89.2 Å². The number of hydrogen-bond donors (Lipinski definition) is 0. The molecule has 0 unspecified atom stereocenters. The molecule has 0 spiro atoms. The summed E-state index contributed by atoms with van der Waals surface area (Å²) in [5.41, 5.74) is 9.57. The molecule has 172 valence electrons. The molecule has 5 nitrogen and oxygen atoms in total. The Hall–Kier alpha value is -5.44. The summed E-state index contributed by atoms with van der Waals surface area (Å²) in [5.74, 6) is 0. The van der Waals surface area contributed by atoms with Crippen LogP contribution in [-0.2, 0) is 6.42 Å². The number of hydrogen-bond acceptors (Lipinski definition) is 4. The SMILES string of the molecule is N#Cc1ccc(-c2cccc(-c3cc(C#N)cc(-n4c5c(c6cc(C#N)ccc64)CCC=C5)c3)c2)nc1. The lowest BCUT2D eigenvalue weighted by atomic mass is 9.98. The second-order valence-corrected chi connectivity index (χ2v) is 8.99. The lowest BCUT2D eigenvalue weighted by Crippen LogP contribution is -2.01. The zero-order valence-electron chi connectivity index (χ0n) is 19.8. The maximum absolute atomic E-state index is 9.89.